The lowest BCUT2D eigenvalue weighted by Gasteiger charge is -2.24. The molecule has 2 heteroatoms. The van der Waals surface area contributed by atoms with Gasteiger partial charge in [-0.3, -0.25) is 0 Å². The molecule has 2 atom stereocenters. The fourth-order valence-electron chi connectivity index (χ4n) is 2.42. The van der Waals surface area contributed by atoms with Crippen LogP contribution >= 0.6 is 0 Å². The third kappa shape index (κ3) is 5.19. The van der Waals surface area contributed by atoms with Crippen LogP contribution in [0, 0.1) is 18.8 Å². The van der Waals surface area contributed by atoms with Gasteiger partial charge >= 0.3 is 0 Å². The number of methoxy groups -OCH3 is 1. The predicted molar refractivity (Wildman–Crippen MR) is 78.0 cm³/mol. The molecule has 1 aromatic carbocycles. The molecule has 0 aliphatic carbocycles. The van der Waals surface area contributed by atoms with Gasteiger partial charge in [-0.05, 0) is 50.8 Å². The van der Waals surface area contributed by atoms with Gasteiger partial charge in [0.25, 0.3) is 0 Å². The first-order valence-electron chi connectivity index (χ1n) is 6.86. The van der Waals surface area contributed by atoms with E-state index in [0.717, 1.165) is 26.0 Å². The van der Waals surface area contributed by atoms with Crippen LogP contribution in [0.1, 0.15) is 24.5 Å². The summed E-state index contributed by atoms with van der Waals surface area (Å²) in [5.74, 6) is 1.35. The monoisotopic (exact) mass is 249 g/mol. The second-order valence-corrected chi connectivity index (χ2v) is 5.27. The Morgan fingerprint density at radius 3 is 2.72 bits per heavy atom. The number of rotatable bonds is 8. The van der Waals surface area contributed by atoms with E-state index in [1.807, 2.05) is 7.05 Å². The minimum absolute atomic E-state index is 0.673. The van der Waals surface area contributed by atoms with E-state index in [9.17, 15) is 0 Å². The third-order valence-electron chi connectivity index (χ3n) is 3.63. The van der Waals surface area contributed by atoms with Crippen LogP contribution in [0.4, 0.5) is 0 Å². The largest absolute Gasteiger partial charge is 0.385 e. The van der Waals surface area contributed by atoms with E-state index in [0.29, 0.717) is 11.8 Å². The van der Waals surface area contributed by atoms with E-state index in [2.05, 4.69) is 43.4 Å². The molecule has 0 aromatic heterocycles. The molecule has 0 bridgehead atoms. The van der Waals surface area contributed by atoms with E-state index in [4.69, 9.17) is 4.74 Å². The number of benzene rings is 1. The summed E-state index contributed by atoms with van der Waals surface area (Å²) in [6.45, 7) is 6.41. The van der Waals surface area contributed by atoms with Gasteiger partial charge in [-0.1, -0.05) is 36.8 Å². The Morgan fingerprint density at radius 1 is 1.33 bits per heavy atom. The smallest absolute Gasteiger partial charge is 0.0464 e. The summed E-state index contributed by atoms with van der Waals surface area (Å²) in [5, 5.41) is 3.32. The van der Waals surface area contributed by atoms with Gasteiger partial charge in [-0.15, -0.1) is 0 Å². The minimum Gasteiger partial charge on any atom is -0.385 e. The molecule has 1 rings (SSSR count). The molecule has 0 spiro atoms. The van der Waals surface area contributed by atoms with Gasteiger partial charge in [0.05, 0.1) is 0 Å². The minimum atomic E-state index is 0.673. The summed E-state index contributed by atoms with van der Waals surface area (Å²) in [6.07, 6.45) is 2.28. The van der Waals surface area contributed by atoms with Crippen molar-refractivity contribution in [3.8, 4) is 0 Å². The number of hydrogen-bond acceptors (Lipinski definition) is 2. The average molecular weight is 249 g/mol. The molecule has 0 fully saturated rings. The molecule has 0 saturated carbocycles. The standard InChI is InChI=1S/C16H27NO/c1-13-6-5-7-15(10-13)11-16(12-17-3)14(2)8-9-18-4/h5-7,10,14,16-17H,8-9,11-12H2,1-4H3. The normalized spacial score (nSPS) is 14.4. The van der Waals surface area contributed by atoms with Gasteiger partial charge in [-0.2, -0.15) is 0 Å². The van der Waals surface area contributed by atoms with Crippen molar-refractivity contribution in [2.24, 2.45) is 11.8 Å². The maximum atomic E-state index is 5.19. The zero-order chi connectivity index (χ0) is 13.4. The highest BCUT2D eigenvalue weighted by Gasteiger charge is 2.17. The van der Waals surface area contributed by atoms with Crippen LogP contribution < -0.4 is 5.32 Å². The quantitative estimate of drug-likeness (QED) is 0.764. The van der Waals surface area contributed by atoms with Gasteiger partial charge in [0.15, 0.2) is 0 Å². The summed E-state index contributed by atoms with van der Waals surface area (Å²) in [5.41, 5.74) is 2.79. The van der Waals surface area contributed by atoms with Gasteiger partial charge < -0.3 is 10.1 Å². The number of aryl methyl sites for hydroxylation is 1. The maximum Gasteiger partial charge on any atom is 0.0464 e. The Bertz CT molecular complexity index is 338. The van der Waals surface area contributed by atoms with E-state index in [1.54, 1.807) is 7.11 Å². The summed E-state index contributed by atoms with van der Waals surface area (Å²) < 4.78 is 5.19. The van der Waals surface area contributed by atoms with Crippen molar-refractivity contribution >= 4 is 0 Å². The molecule has 0 amide bonds. The molecule has 1 N–H and O–H groups in total. The molecule has 2 nitrogen and oxygen atoms in total. The highest BCUT2D eigenvalue weighted by molar-refractivity contribution is 5.22. The second kappa shape index (κ2) is 8.28. The summed E-state index contributed by atoms with van der Waals surface area (Å²) >= 11 is 0. The first-order chi connectivity index (χ1) is 8.67. The number of nitrogens with one attached hydrogen (secondary N) is 1. The van der Waals surface area contributed by atoms with Crippen molar-refractivity contribution in [1.82, 2.24) is 5.32 Å². The van der Waals surface area contributed by atoms with Crippen molar-refractivity contribution in [3.63, 3.8) is 0 Å². The molecule has 0 aliphatic heterocycles. The van der Waals surface area contributed by atoms with Crippen LogP contribution in [0.2, 0.25) is 0 Å². The van der Waals surface area contributed by atoms with Gasteiger partial charge in [-0.25, -0.2) is 0 Å². The van der Waals surface area contributed by atoms with Crippen LogP contribution in [0.5, 0.6) is 0 Å². The van der Waals surface area contributed by atoms with E-state index in [-0.39, 0.29) is 0 Å². The van der Waals surface area contributed by atoms with Crippen molar-refractivity contribution in [1.29, 1.82) is 0 Å². The SMILES string of the molecule is CNCC(Cc1cccc(C)c1)C(C)CCOC. The van der Waals surface area contributed by atoms with Gasteiger partial charge in [0.2, 0.25) is 0 Å². The molecule has 18 heavy (non-hydrogen) atoms. The Hall–Kier alpha value is -0.860. The van der Waals surface area contributed by atoms with Crippen molar-refractivity contribution in [2.75, 3.05) is 27.3 Å². The summed E-state index contributed by atoms with van der Waals surface area (Å²) in [6, 6.07) is 8.84. The first-order valence-corrected chi connectivity index (χ1v) is 6.86. The lowest BCUT2D eigenvalue weighted by atomic mass is 9.85. The van der Waals surface area contributed by atoms with Crippen molar-refractivity contribution < 1.29 is 4.74 Å². The van der Waals surface area contributed by atoms with Crippen LogP contribution in [0.15, 0.2) is 24.3 Å². The highest BCUT2D eigenvalue weighted by Crippen LogP contribution is 2.20. The first kappa shape index (κ1) is 15.2. The van der Waals surface area contributed by atoms with Crippen LogP contribution in [0.3, 0.4) is 0 Å². The average Bonchev–Trinajstić information content (AvgIpc) is 2.35. The molecule has 0 radical (unpaired) electrons. The molecule has 2 unspecified atom stereocenters. The van der Waals surface area contributed by atoms with Crippen molar-refractivity contribution in [3.05, 3.63) is 35.4 Å². The van der Waals surface area contributed by atoms with Crippen LogP contribution in [-0.2, 0) is 11.2 Å². The molecule has 102 valence electrons. The van der Waals surface area contributed by atoms with Gasteiger partial charge in [0.1, 0.15) is 0 Å². The number of hydrogen-bond donors (Lipinski definition) is 1. The fraction of sp³-hybridized carbons (Fsp3) is 0.625. The number of ether oxygens (including phenoxy) is 1. The second-order valence-electron chi connectivity index (χ2n) is 5.27. The third-order valence-corrected chi connectivity index (χ3v) is 3.63. The fourth-order valence-corrected chi connectivity index (χ4v) is 2.42. The Kier molecular flexibility index (Phi) is 6.99. The Labute approximate surface area is 112 Å². The lowest BCUT2D eigenvalue weighted by molar-refractivity contribution is 0.164. The molecular formula is C16H27NO. The zero-order valence-corrected chi connectivity index (χ0v) is 12.2. The Balaban J connectivity index is 2.61. The van der Waals surface area contributed by atoms with Crippen molar-refractivity contribution in [2.45, 2.75) is 26.7 Å². The molecule has 1 aromatic rings. The molecule has 0 saturated heterocycles. The summed E-state index contributed by atoms with van der Waals surface area (Å²) in [7, 11) is 3.81. The van der Waals surface area contributed by atoms with Gasteiger partial charge in [0, 0.05) is 13.7 Å². The zero-order valence-electron chi connectivity index (χ0n) is 12.2. The predicted octanol–water partition coefficient (Wildman–Crippen LogP) is 3.05. The topological polar surface area (TPSA) is 21.3 Å². The lowest BCUT2D eigenvalue weighted by Crippen LogP contribution is -2.27. The van der Waals surface area contributed by atoms with E-state index in [1.165, 1.54) is 11.1 Å². The highest BCUT2D eigenvalue weighted by atomic mass is 16.5. The van der Waals surface area contributed by atoms with E-state index >= 15 is 0 Å². The molecular weight excluding hydrogens is 222 g/mol. The maximum absolute atomic E-state index is 5.19. The summed E-state index contributed by atoms with van der Waals surface area (Å²) in [4.78, 5) is 0. The van der Waals surface area contributed by atoms with E-state index < -0.39 is 0 Å². The Morgan fingerprint density at radius 2 is 2.11 bits per heavy atom. The van der Waals surface area contributed by atoms with Crippen LogP contribution in [0.25, 0.3) is 0 Å². The molecule has 0 aliphatic rings. The molecule has 0 heterocycles. The van der Waals surface area contributed by atoms with Crippen LogP contribution in [-0.4, -0.2) is 27.3 Å².